The van der Waals surface area contributed by atoms with Crippen LogP contribution in [0.2, 0.25) is 0 Å². The molecule has 1 heterocycles. The molecule has 0 amide bonds. The first-order valence-corrected chi connectivity index (χ1v) is 7.53. The first-order chi connectivity index (χ1) is 9.49. The molecule has 0 saturated carbocycles. The van der Waals surface area contributed by atoms with Gasteiger partial charge in [0.2, 0.25) is 0 Å². The highest BCUT2D eigenvalue weighted by Crippen LogP contribution is 2.16. The Balaban J connectivity index is 2.13. The SMILES string of the molecule is Cc1ccc(C)c(C(=O)C(C)N2CCCN(C)CC2)c1. The fourth-order valence-corrected chi connectivity index (χ4v) is 2.85. The molecule has 2 rings (SSSR count). The Labute approximate surface area is 122 Å². The molecule has 0 spiro atoms. The van der Waals surface area contributed by atoms with Crippen molar-refractivity contribution in [1.82, 2.24) is 9.80 Å². The third-order valence-electron chi connectivity index (χ3n) is 4.34. The zero-order valence-corrected chi connectivity index (χ0v) is 13.1. The van der Waals surface area contributed by atoms with Crippen molar-refractivity contribution in [3.8, 4) is 0 Å². The molecule has 3 heteroatoms. The van der Waals surface area contributed by atoms with E-state index in [9.17, 15) is 4.79 Å². The fourth-order valence-electron chi connectivity index (χ4n) is 2.85. The molecule has 0 aromatic heterocycles. The molecule has 0 N–H and O–H groups in total. The second-order valence-corrected chi connectivity index (χ2v) is 6.05. The zero-order chi connectivity index (χ0) is 14.7. The van der Waals surface area contributed by atoms with E-state index in [2.05, 4.69) is 29.8 Å². The Morgan fingerprint density at radius 1 is 1.15 bits per heavy atom. The van der Waals surface area contributed by atoms with E-state index in [1.54, 1.807) is 0 Å². The van der Waals surface area contributed by atoms with Crippen LogP contribution in [0.15, 0.2) is 18.2 Å². The smallest absolute Gasteiger partial charge is 0.179 e. The quantitative estimate of drug-likeness (QED) is 0.791. The summed E-state index contributed by atoms with van der Waals surface area (Å²) in [5, 5.41) is 0. The van der Waals surface area contributed by atoms with Crippen LogP contribution in [0, 0.1) is 13.8 Å². The summed E-state index contributed by atoms with van der Waals surface area (Å²) in [4.78, 5) is 17.4. The molecule has 1 aliphatic rings. The van der Waals surface area contributed by atoms with E-state index >= 15 is 0 Å². The molecule has 1 aliphatic heterocycles. The van der Waals surface area contributed by atoms with Crippen molar-refractivity contribution in [3.05, 3.63) is 34.9 Å². The van der Waals surface area contributed by atoms with Crippen LogP contribution in [0.25, 0.3) is 0 Å². The number of nitrogens with zero attached hydrogens (tertiary/aromatic N) is 2. The first-order valence-electron chi connectivity index (χ1n) is 7.53. The van der Waals surface area contributed by atoms with Crippen LogP contribution in [-0.4, -0.2) is 54.9 Å². The van der Waals surface area contributed by atoms with Crippen molar-refractivity contribution in [3.63, 3.8) is 0 Å². The number of hydrogen-bond acceptors (Lipinski definition) is 3. The van der Waals surface area contributed by atoms with Gasteiger partial charge in [0, 0.05) is 25.2 Å². The molecule has 110 valence electrons. The average molecular weight is 274 g/mol. The average Bonchev–Trinajstić information content (AvgIpc) is 2.64. The van der Waals surface area contributed by atoms with Gasteiger partial charge in [0.05, 0.1) is 6.04 Å². The highest BCUT2D eigenvalue weighted by Gasteiger charge is 2.24. The number of rotatable bonds is 3. The van der Waals surface area contributed by atoms with Gasteiger partial charge in [-0.05, 0) is 52.4 Å². The predicted octanol–water partition coefficient (Wildman–Crippen LogP) is 2.51. The third-order valence-corrected chi connectivity index (χ3v) is 4.34. The van der Waals surface area contributed by atoms with Gasteiger partial charge < -0.3 is 4.90 Å². The van der Waals surface area contributed by atoms with E-state index in [4.69, 9.17) is 0 Å². The van der Waals surface area contributed by atoms with Crippen LogP contribution < -0.4 is 0 Å². The minimum absolute atomic E-state index is 0.0259. The zero-order valence-electron chi connectivity index (χ0n) is 13.1. The molecule has 1 aromatic carbocycles. The fraction of sp³-hybridized carbons (Fsp3) is 0.588. The van der Waals surface area contributed by atoms with Gasteiger partial charge >= 0.3 is 0 Å². The minimum atomic E-state index is -0.0259. The summed E-state index contributed by atoms with van der Waals surface area (Å²) in [5.74, 6) is 0.260. The maximum atomic E-state index is 12.8. The minimum Gasteiger partial charge on any atom is -0.305 e. The van der Waals surface area contributed by atoms with E-state index in [-0.39, 0.29) is 11.8 Å². The standard InChI is InChI=1S/C17H26N2O/c1-13-6-7-14(2)16(12-13)17(20)15(3)19-9-5-8-18(4)10-11-19/h6-7,12,15H,5,8-11H2,1-4H3. The molecule has 1 unspecified atom stereocenters. The summed E-state index contributed by atoms with van der Waals surface area (Å²) < 4.78 is 0. The van der Waals surface area contributed by atoms with Crippen LogP contribution in [-0.2, 0) is 0 Å². The van der Waals surface area contributed by atoms with Crippen molar-refractivity contribution in [2.24, 2.45) is 0 Å². The molecule has 1 aromatic rings. The van der Waals surface area contributed by atoms with E-state index in [1.165, 1.54) is 0 Å². The van der Waals surface area contributed by atoms with Gasteiger partial charge in [-0.1, -0.05) is 17.7 Å². The summed E-state index contributed by atoms with van der Waals surface area (Å²) in [6, 6.07) is 6.11. The van der Waals surface area contributed by atoms with E-state index in [0.29, 0.717) is 0 Å². The van der Waals surface area contributed by atoms with Crippen molar-refractivity contribution in [1.29, 1.82) is 0 Å². The lowest BCUT2D eigenvalue weighted by Gasteiger charge is -2.27. The molecule has 0 radical (unpaired) electrons. The normalized spacial score (nSPS) is 19.6. The van der Waals surface area contributed by atoms with Crippen LogP contribution in [0.3, 0.4) is 0 Å². The Morgan fingerprint density at radius 3 is 2.65 bits per heavy atom. The predicted molar refractivity (Wildman–Crippen MR) is 83.4 cm³/mol. The molecule has 0 aliphatic carbocycles. The number of carbonyl (C=O) groups is 1. The number of hydrogen-bond donors (Lipinski definition) is 0. The summed E-state index contributed by atoms with van der Waals surface area (Å²) in [6.45, 7) is 10.3. The van der Waals surface area contributed by atoms with E-state index in [1.807, 2.05) is 26.0 Å². The van der Waals surface area contributed by atoms with Crippen molar-refractivity contribution < 1.29 is 4.79 Å². The first kappa shape index (κ1) is 15.2. The van der Waals surface area contributed by atoms with Gasteiger partial charge in [-0.3, -0.25) is 9.69 Å². The van der Waals surface area contributed by atoms with E-state index < -0.39 is 0 Å². The second kappa shape index (κ2) is 6.51. The van der Waals surface area contributed by atoms with Crippen LogP contribution in [0.1, 0.15) is 34.8 Å². The molecule has 3 nitrogen and oxygen atoms in total. The van der Waals surface area contributed by atoms with Crippen LogP contribution in [0.5, 0.6) is 0 Å². The Hall–Kier alpha value is -1.19. The lowest BCUT2D eigenvalue weighted by atomic mass is 9.97. The third kappa shape index (κ3) is 3.47. The maximum Gasteiger partial charge on any atom is 0.179 e. The van der Waals surface area contributed by atoms with Crippen LogP contribution >= 0.6 is 0 Å². The number of Topliss-reactive ketones (excluding diaryl/α,β-unsaturated/α-hetero) is 1. The molecule has 0 bridgehead atoms. The van der Waals surface area contributed by atoms with Gasteiger partial charge in [0.15, 0.2) is 5.78 Å². The molecular formula is C17H26N2O. The lowest BCUT2D eigenvalue weighted by Crippen LogP contribution is -2.41. The summed E-state index contributed by atoms with van der Waals surface area (Å²) in [6.07, 6.45) is 1.14. The monoisotopic (exact) mass is 274 g/mol. The Bertz CT molecular complexity index is 484. The highest BCUT2D eigenvalue weighted by atomic mass is 16.1. The molecular weight excluding hydrogens is 248 g/mol. The van der Waals surface area contributed by atoms with Gasteiger partial charge in [-0.15, -0.1) is 0 Å². The largest absolute Gasteiger partial charge is 0.305 e. The van der Waals surface area contributed by atoms with Crippen molar-refractivity contribution >= 4 is 5.78 Å². The lowest BCUT2D eigenvalue weighted by molar-refractivity contribution is 0.0843. The number of aryl methyl sites for hydroxylation is 2. The summed E-state index contributed by atoms with van der Waals surface area (Å²) in [5.41, 5.74) is 3.12. The summed E-state index contributed by atoms with van der Waals surface area (Å²) in [7, 11) is 2.15. The molecule has 1 saturated heterocycles. The Kier molecular flexibility index (Phi) is 4.95. The molecule has 1 atom stereocenters. The van der Waals surface area contributed by atoms with Crippen LogP contribution in [0.4, 0.5) is 0 Å². The number of benzene rings is 1. The van der Waals surface area contributed by atoms with Gasteiger partial charge in [0.1, 0.15) is 0 Å². The summed E-state index contributed by atoms with van der Waals surface area (Å²) >= 11 is 0. The molecule has 20 heavy (non-hydrogen) atoms. The van der Waals surface area contributed by atoms with Gasteiger partial charge in [-0.2, -0.15) is 0 Å². The van der Waals surface area contributed by atoms with Crippen molar-refractivity contribution in [2.45, 2.75) is 33.2 Å². The maximum absolute atomic E-state index is 12.8. The second-order valence-electron chi connectivity index (χ2n) is 6.05. The van der Waals surface area contributed by atoms with Gasteiger partial charge in [-0.25, -0.2) is 0 Å². The number of ketones is 1. The van der Waals surface area contributed by atoms with Crippen molar-refractivity contribution in [2.75, 3.05) is 33.2 Å². The van der Waals surface area contributed by atoms with Gasteiger partial charge in [0.25, 0.3) is 0 Å². The number of carbonyl (C=O) groups excluding carboxylic acids is 1. The van der Waals surface area contributed by atoms with E-state index in [0.717, 1.165) is 49.3 Å². The topological polar surface area (TPSA) is 23.6 Å². The highest BCUT2D eigenvalue weighted by molar-refractivity contribution is 6.01. The Morgan fingerprint density at radius 2 is 1.90 bits per heavy atom. The number of likely N-dealkylation sites (N-methyl/N-ethyl adjacent to an activating group) is 1. The molecule has 1 fully saturated rings.